The molecule has 0 aliphatic rings. The molecule has 0 radical (unpaired) electrons. The Morgan fingerprint density at radius 2 is 2.25 bits per heavy atom. The zero-order valence-electron chi connectivity index (χ0n) is 4.08. The second-order valence-corrected chi connectivity index (χ2v) is 3.64. The molecule has 0 aromatic heterocycles. The molecule has 0 saturated heterocycles. The predicted molar refractivity (Wildman–Crippen MR) is 32.0 cm³/mol. The average Bonchev–Trinajstić information content (AvgIpc) is 1.21. The van der Waals surface area contributed by atoms with Gasteiger partial charge in [0.1, 0.15) is 0 Å². The van der Waals surface area contributed by atoms with E-state index in [2.05, 4.69) is 11.2 Å². The van der Waals surface area contributed by atoms with Gasteiger partial charge in [0.05, 0.1) is 0 Å². The third kappa shape index (κ3) is 5.80. The molecule has 0 aromatic rings. The van der Waals surface area contributed by atoms with Gasteiger partial charge in [-0.25, -0.2) is 4.21 Å². The van der Waals surface area contributed by atoms with Gasteiger partial charge < -0.3 is 0 Å². The highest BCUT2D eigenvalue weighted by Crippen LogP contribution is 1.71. The predicted octanol–water partition coefficient (Wildman–Crippen LogP) is -0.743. The fraction of sp³-hybridized carbons (Fsp3) is 0.500. The highest BCUT2D eigenvalue weighted by molar-refractivity contribution is 8.28. The maximum Gasteiger partial charge on any atom is 0.232 e. The highest BCUT2D eigenvalue weighted by atomic mass is 32.8. The Labute approximate surface area is 51.9 Å². The lowest BCUT2D eigenvalue weighted by molar-refractivity contribution is -0.117. The quantitative estimate of drug-likeness (QED) is 0.523. The van der Waals surface area contributed by atoms with Crippen LogP contribution in [0.25, 0.3) is 0 Å². The fourth-order valence-electron chi connectivity index (χ4n) is 0.182. The van der Waals surface area contributed by atoms with Gasteiger partial charge in [0, 0.05) is 18.1 Å². The lowest BCUT2D eigenvalue weighted by Gasteiger charge is -1.95. The topological polar surface area (TPSA) is 66.4 Å². The first-order valence-corrected chi connectivity index (χ1v) is 4.11. The van der Waals surface area contributed by atoms with Crippen molar-refractivity contribution in [2.75, 3.05) is 0 Å². The second-order valence-electron chi connectivity index (χ2n) is 1.13. The van der Waals surface area contributed by atoms with Crippen LogP contribution in [0.15, 0.2) is 0 Å². The van der Waals surface area contributed by atoms with Gasteiger partial charge in [-0.2, -0.15) is 0 Å². The molecule has 48 valence electrons. The van der Waals surface area contributed by atoms with Crippen molar-refractivity contribution < 1.29 is 13.6 Å². The fourth-order valence-corrected chi connectivity index (χ4v) is 0.897. The first-order chi connectivity index (χ1) is 3.42. The molecule has 0 aliphatic heterocycles. The standard InChI is InChI=1S/C2H5NO3S2/c1-2(4)3-8(5,6)7/h1H3,(H,3,4)(H,5,6,7). The van der Waals surface area contributed by atoms with E-state index in [4.69, 9.17) is 4.55 Å². The van der Waals surface area contributed by atoms with Gasteiger partial charge in [-0.1, -0.05) is 0 Å². The minimum atomic E-state index is -3.49. The molecule has 0 saturated carbocycles. The molecule has 8 heavy (non-hydrogen) atoms. The Kier molecular flexibility index (Phi) is 2.32. The van der Waals surface area contributed by atoms with Gasteiger partial charge in [-0.3, -0.25) is 14.1 Å². The van der Waals surface area contributed by atoms with Crippen LogP contribution in [-0.4, -0.2) is 14.7 Å². The molecular formula is C2H5NO3S2. The number of carbonyl (C=O) groups excluding carboxylic acids is 1. The molecule has 0 aromatic carbocycles. The van der Waals surface area contributed by atoms with Crippen molar-refractivity contribution >= 4 is 26.1 Å². The summed E-state index contributed by atoms with van der Waals surface area (Å²) in [6, 6.07) is 0. The van der Waals surface area contributed by atoms with Crippen molar-refractivity contribution in [2.45, 2.75) is 6.92 Å². The Morgan fingerprint density at radius 1 is 1.88 bits per heavy atom. The van der Waals surface area contributed by atoms with Gasteiger partial charge in [-0.05, 0) is 0 Å². The van der Waals surface area contributed by atoms with Crippen LogP contribution in [0.3, 0.4) is 0 Å². The molecule has 1 amide bonds. The van der Waals surface area contributed by atoms with E-state index in [1.165, 1.54) is 0 Å². The summed E-state index contributed by atoms with van der Waals surface area (Å²) < 4.78 is 19.9. The van der Waals surface area contributed by atoms with Crippen molar-refractivity contribution in [1.82, 2.24) is 4.72 Å². The van der Waals surface area contributed by atoms with Crippen molar-refractivity contribution in [1.29, 1.82) is 0 Å². The molecule has 0 spiro atoms. The van der Waals surface area contributed by atoms with E-state index in [0.29, 0.717) is 0 Å². The third-order valence-corrected chi connectivity index (χ3v) is 1.07. The Balaban J connectivity index is 3.95. The molecule has 4 nitrogen and oxygen atoms in total. The minimum Gasteiger partial charge on any atom is -0.290 e. The molecule has 0 aliphatic carbocycles. The van der Waals surface area contributed by atoms with E-state index in [1.807, 2.05) is 0 Å². The Hall–Kier alpha value is -0.200. The van der Waals surface area contributed by atoms with Crippen molar-refractivity contribution in [2.24, 2.45) is 0 Å². The number of hydrogen-bond acceptors (Lipinski definition) is 3. The van der Waals surface area contributed by atoms with Crippen LogP contribution in [0.5, 0.6) is 0 Å². The molecule has 0 rings (SSSR count). The lowest BCUT2D eigenvalue weighted by Crippen LogP contribution is -2.25. The number of rotatable bonds is 1. The van der Waals surface area contributed by atoms with Crippen LogP contribution in [0.1, 0.15) is 6.92 Å². The molecule has 1 atom stereocenters. The molecule has 6 heteroatoms. The zero-order valence-corrected chi connectivity index (χ0v) is 5.71. The highest BCUT2D eigenvalue weighted by Gasteiger charge is 1.98. The van der Waals surface area contributed by atoms with Gasteiger partial charge in [-0.15, -0.1) is 0 Å². The van der Waals surface area contributed by atoms with Crippen molar-refractivity contribution in [3.8, 4) is 0 Å². The third-order valence-electron chi connectivity index (χ3n) is 0.273. The first-order valence-electron chi connectivity index (χ1n) is 1.67. The first kappa shape index (κ1) is 7.80. The van der Waals surface area contributed by atoms with Gasteiger partial charge in [0.2, 0.25) is 14.9 Å². The second kappa shape index (κ2) is 2.38. The van der Waals surface area contributed by atoms with Crippen LogP contribution in [0.2, 0.25) is 0 Å². The summed E-state index contributed by atoms with van der Waals surface area (Å²) in [4.78, 5) is 9.94. The summed E-state index contributed by atoms with van der Waals surface area (Å²) >= 11 is 3.91. The summed E-state index contributed by atoms with van der Waals surface area (Å²) in [6.45, 7) is 1.11. The van der Waals surface area contributed by atoms with Crippen LogP contribution >= 0.6 is 0 Å². The Morgan fingerprint density at radius 3 is 2.25 bits per heavy atom. The van der Waals surface area contributed by atoms with E-state index in [-0.39, 0.29) is 0 Å². The maximum absolute atomic E-state index is 10.0. The van der Waals surface area contributed by atoms with E-state index in [9.17, 15) is 9.00 Å². The molecule has 0 bridgehead atoms. The van der Waals surface area contributed by atoms with E-state index < -0.39 is 14.9 Å². The Bertz CT molecular complexity index is 181. The summed E-state index contributed by atoms with van der Waals surface area (Å²) in [6.07, 6.45) is 0. The molecule has 0 heterocycles. The summed E-state index contributed by atoms with van der Waals surface area (Å²) in [5.74, 6) is -0.604. The lowest BCUT2D eigenvalue weighted by atomic mass is 10.8. The molecule has 0 fully saturated rings. The van der Waals surface area contributed by atoms with Gasteiger partial charge in [0.15, 0.2) is 0 Å². The van der Waals surface area contributed by atoms with Crippen LogP contribution in [-0.2, 0) is 24.9 Å². The molecule has 1 unspecified atom stereocenters. The number of carbonyl (C=O) groups is 1. The van der Waals surface area contributed by atoms with Gasteiger partial charge in [0.25, 0.3) is 0 Å². The van der Waals surface area contributed by atoms with Crippen LogP contribution in [0.4, 0.5) is 0 Å². The van der Waals surface area contributed by atoms with E-state index >= 15 is 0 Å². The largest absolute Gasteiger partial charge is 0.290 e. The van der Waals surface area contributed by atoms with Crippen LogP contribution < -0.4 is 4.72 Å². The summed E-state index contributed by atoms with van der Waals surface area (Å²) in [5.41, 5.74) is 0. The monoisotopic (exact) mass is 155 g/mol. The smallest absolute Gasteiger partial charge is 0.232 e. The normalized spacial score (nSPS) is 16.8. The number of hydrogen-bond donors (Lipinski definition) is 2. The average molecular weight is 155 g/mol. The van der Waals surface area contributed by atoms with Crippen LogP contribution in [0, 0.1) is 0 Å². The van der Waals surface area contributed by atoms with Gasteiger partial charge >= 0.3 is 0 Å². The zero-order chi connectivity index (χ0) is 6.78. The number of nitrogens with one attached hydrogen (secondary N) is 1. The SMILES string of the molecule is CC(=O)NS(=O)(O)=S. The molecular weight excluding hydrogens is 150 g/mol. The van der Waals surface area contributed by atoms with Crippen molar-refractivity contribution in [3.05, 3.63) is 0 Å². The minimum absolute atomic E-state index is 0.604. The number of amides is 1. The maximum atomic E-state index is 10.0. The molecule has 2 N–H and O–H groups in total. The summed E-state index contributed by atoms with van der Waals surface area (Å²) in [7, 11) is -3.49. The van der Waals surface area contributed by atoms with Crippen molar-refractivity contribution in [3.63, 3.8) is 0 Å². The summed E-state index contributed by atoms with van der Waals surface area (Å²) in [5, 5.41) is 0. The van der Waals surface area contributed by atoms with E-state index in [1.54, 1.807) is 4.72 Å². The van der Waals surface area contributed by atoms with E-state index in [0.717, 1.165) is 6.92 Å².